The fourth-order valence-electron chi connectivity index (χ4n) is 3.46. The second kappa shape index (κ2) is 8.97. The summed E-state index contributed by atoms with van der Waals surface area (Å²) in [6.07, 6.45) is 10.7. The second-order valence-electron chi connectivity index (χ2n) is 6.02. The summed E-state index contributed by atoms with van der Waals surface area (Å²) < 4.78 is 1.89. The summed E-state index contributed by atoms with van der Waals surface area (Å²) in [5.41, 5.74) is 1.93. The first-order chi connectivity index (χ1) is 11.2. The Kier molecular flexibility index (Phi) is 7.26. The van der Waals surface area contributed by atoms with Crippen molar-refractivity contribution in [3.8, 4) is 6.07 Å². The van der Waals surface area contributed by atoms with Gasteiger partial charge < -0.3 is 10.3 Å². The number of nitrogens with one attached hydrogen (secondary N) is 2. The molecule has 2 aromatic rings. The zero-order chi connectivity index (χ0) is 16.2. The summed E-state index contributed by atoms with van der Waals surface area (Å²) in [6, 6.07) is 4.26. The zero-order valence-electron chi connectivity index (χ0n) is 14.3. The van der Waals surface area contributed by atoms with Crippen LogP contribution in [0.4, 0.5) is 5.82 Å². The minimum Gasteiger partial charge on any atom is -0.469 e. The van der Waals surface area contributed by atoms with E-state index in [-0.39, 0.29) is 57.4 Å². The molecule has 0 spiro atoms. The van der Waals surface area contributed by atoms with Crippen LogP contribution in [0.15, 0.2) is 24.7 Å². The average molecular weight is 348 g/mol. The molecule has 1 unspecified atom stereocenters. The molecule has 0 amide bonds. The van der Waals surface area contributed by atoms with E-state index in [2.05, 4.69) is 21.5 Å². The van der Waals surface area contributed by atoms with Gasteiger partial charge in [-0.3, -0.25) is 10.1 Å². The van der Waals surface area contributed by atoms with Gasteiger partial charge in [-0.2, -0.15) is 10.4 Å². The minimum absolute atomic E-state index is 0. The van der Waals surface area contributed by atoms with E-state index in [0.29, 0.717) is 23.9 Å². The number of nitrogens with zero attached hydrogens (tertiary/aromatic N) is 4. The van der Waals surface area contributed by atoms with Crippen molar-refractivity contribution in [2.45, 2.75) is 38.1 Å². The fraction of sp³-hybridized carbons (Fsp3) is 0.471. The normalized spacial score (nSPS) is 15.5. The molecule has 1 aliphatic carbocycles. The summed E-state index contributed by atoms with van der Waals surface area (Å²) in [5.74, 6) is 1.22. The van der Waals surface area contributed by atoms with Crippen LogP contribution in [0.5, 0.6) is 0 Å². The van der Waals surface area contributed by atoms with Crippen molar-refractivity contribution in [1.29, 1.82) is 10.7 Å². The van der Waals surface area contributed by atoms with Gasteiger partial charge in [-0.05, 0) is 24.3 Å². The molecule has 1 fully saturated rings. The maximum atomic E-state index is 9.14. The number of rotatable bonds is 6. The number of hydrogen-bond donors (Lipinski definition) is 2. The maximum absolute atomic E-state index is 9.14. The Balaban J connectivity index is 0.00000208. The van der Waals surface area contributed by atoms with Crippen LogP contribution in [-0.4, -0.2) is 27.5 Å². The molecule has 120 valence electrons. The van der Waals surface area contributed by atoms with Gasteiger partial charge in [0.25, 0.3) is 0 Å². The molecule has 7 heteroatoms. The standard InChI is InChI=1S/C17H21N6.K/c1-20-17-14(7-9-21-17)16(19)13-10-22-23(11-13)15(6-8-18)12-4-2-3-5-12;/h7,9-12,15,19,21H,2-6H2,1H3;/q-1;+1. The maximum Gasteiger partial charge on any atom is 1.00 e. The molecule has 0 radical (unpaired) electrons. The molecule has 1 aliphatic rings. The number of aromatic nitrogens is 3. The Morgan fingerprint density at radius 3 is 2.96 bits per heavy atom. The van der Waals surface area contributed by atoms with Gasteiger partial charge in [-0.1, -0.05) is 38.0 Å². The molecule has 3 rings (SSSR count). The van der Waals surface area contributed by atoms with E-state index in [1.807, 2.05) is 16.9 Å². The summed E-state index contributed by atoms with van der Waals surface area (Å²) in [4.78, 5) is 3.02. The topological polar surface area (TPSA) is 95.3 Å². The third-order valence-electron chi connectivity index (χ3n) is 4.69. The number of aromatic amines is 1. The van der Waals surface area contributed by atoms with E-state index in [9.17, 15) is 0 Å². The van der Waals surface area contributed by atoms with E-state index in [1.165, 1.54) is 12.8 Å². The first-order valence-electron chi connectivity index (χ1n) is 8.02. The first kappa shape index (κ1) is 19.4. The molecule has 24 heavy (non-hydrogen) atoms. The molecule has 1 saturated carbocycles. The molecule has 0 bridgehead atoms. The van der Waals surface area contributed by atoms with Gasteiger partial charge in [-0.25, -0.2) is 0 Å². The van der Waals surface area contributed by atoms with E-state index in [0.717, 1.165) is 24.0 Å². The van der Waals surface area contributed by atoms with Gasteiger partial charge in [0.2, 0.25) is 0 Å². The number of nitriles is 1. The van der Waals surface area contributed by atoms with Gasteiger partial charge in [0, 0.05) is 11.8 Å². The van der Waals surface area contributed by atoms with Gasteiger partial charge in [0.15, 0.2) is 0 Å². The average Bonchev–Trinajstić information content (AvgIpc) is 3.33. The van der Waals surface area contributed by atoms with Gasteiger partial charge in [0.05, 0.1) is 30.4 Å². The van der Waals surface area contributed by atoms with Crippen LogP contribution in [0, 0.1) is 22.7 Å². The zero-order valence-corrected chi connectivity index (χ0v) is 17.4. The number of hydrogen-bond acceptors (Lipinski definition) is 3. The predicted molar refractivity (Wildman–Crippen MR) is 89.1 cm³/mol. The van der Waals surface area contributed by atoms with Crippen molar-refractivity contribution >= 4 is 11.5 Å². The molecule has 0 aromatic carbocycles. The van der Waals surface area contributed by atoms with Crippen LogP contribution in [0.3, 0.4) is 0 Å². The Labute approximate surface area is 184 Å². The Bertz CT molecular complexity index is 720. The quantitative estimate of drug-likeness (QED) is 0.599. The summed E-state index contributed by atoms with van der Waals surface area (Å²) >= 11 is 0. The van der Waals surface area contributed by atoms with Gasteiger partial charge in [0.1, 0.15) is 0 Å². The van der Waals surface area contributed by atoms with Crippen molar-refractivity contribution < 1.29 is 51.4 Å². The summed E-state index contributed by atoms with van der Waals surface area (Å²) in [5, 5.41) is 26.1. The molecule has 2 aromatic heterocycles. The smallest absolute Gasteiger partial charge is 0.469 e. The van der Waals surface area contributed by atoms with E-state index >= 15 is 0 Å². The molecular formula is C17H21KN6. The summed E-state index contributed by atoms with van der Waals surface area (Å²) in [6.45, 7) is 0. The third-order valence-corrected chi connectivity index (χ3v) is 4.69. The van der Waals surface area contributed by atoms with E-state index < -0.39 is 0 Å². The summed E-state index contributed by atoms with van der Waals surface area (Å²) in [7, 11) is 1.70. The van der Waals surface area contributed by atoms with Crippen LogP contribution >= 0.6 is 0 Å². The van der Waals surface area contributed by atoms with Crippen LogP contribution < -0.4 is 51.4 Å². The molecule has 0 saturated heterocycles. The Hall–Kier alpha value is -0.914. The molecule has 1 atom stereocenters. The van der Waals surface area contributed by atoms with Gasteiger partial charge in [-0.15, -0.1) is 0 Å². The second-order valence-corrected chi connectivity index (χ2v) is 6.02. The van der Waals surface area contributed by atoms with Crippen molar-refractivity contribution in [2.75, 3.05) is 7.05 Å². The van der Waals surface area contributed by atoms with Crippen LogP contribution in [0.2, 0.25) is 0 Å². The SMILES string of the molecule is C[N-]c1[nH]ccc1C(=N)c1cnn(C(CC#N)C2CCCC2)c1.[K+]. The molecular weight excluding hydrogens is 327 g/mol. The Morgan fingerprint density at radius 2 is 2.29 bits per heavy atom. The van der Waals surface area contributed by atoms with Crippen molar-refractivity contribution in [3.05, 3.63) is 41.1 Å². The van der Waals surface area contributed by atoms with Gasteiger partial charge >= 0.3 is 51.4 Å². The van der Waals surface area contributed by atoms with Crippen LogP contribution in [0.1, 0.15) is 49.3 Å². The molecule has 2 N–H and O–H groups in total. The predicted octanol–water partition coefficient (Wildman–Crippen LogP) is 0.911. The van der Waals surface area contributed by atoms with Crippen molar-refractivity contribution in [1.82, 2.24) is 14.8 Å². The molecule has 2 heterocycles. The first-order valence-corrected chi connectivity index (χ1v) is 8.02. The largest absolute Gasteiger partial charge is 1.00 e. The fourth-order valence-corrected chi connectivity index (χ4v) is 3.46. The molecule has 6 nitrogen and oxygen atoms in total. The third kappa shape index (κ3) is 4.01. The number of H-pyrrole nitrogens is 1. The van der Waals surface area contributed by atoms with Crippen molar-refractivity contribution in [3.63, 3.8) is 0 Å². The van der Waals surface area contributed by atoms with Crippen molar-refractivity contribution in [2.24, 2.45) is 5.92 Å². The van der Waals surface area contributed by atoms with Crippen LogP contribution in [-0.2, 0) is 0 Å². The van der Waals surface area contributed by atoms with E-state index in [1.54, 1.807) is 19.4 Å². The molecule has 0 aliphatic heterocycles. The van der Waals surface area contributed by atoms with Crippen LogP contribution in [0.25, 0.3) is 5.32 Å². The Morgan fingerprint density at radius 1 is 1.54 bits per heavy atom. The monoisotopic (exact) mass is 348 g/mol. The minimum atomic E-state index is 0. The van der Waals surface area contributed by atoms with E-state index in [4.69, 9.17) is 10.7 Å².